The first-order chi connectivity index (χ1) is 27.0. The number of hydrogen-bond donors (Lipinski definition) is 9. The molecule has 18 nitrogen and oxygen atoms in total. The van der Waals surface area contributed by atoms with Gasteiger partial charge in [-0.2, -0.15) is 9.97 Å². The normalized spacial score (nSPS) is 20.9. The van der Waals surface area contributed by atoms with Crippen LogP contribution in [0.25, 0.3) is 11.2 Å². The highest BCUT2D eigenvalue weighted by Gasteiger charge is 2.46. The number of carbonyl (C=O) groups is 1. The number of nitrogens with one attached hydrogen (secondary N) is 4. The number of nitrogens with zero attached hydrogens (tertiary/aromatic N) is 7. The van der Waals surface area contributed by atoms with E-state index in [4.69, 9.17) is 9.97 Å². The Hall–Kier alpha value is -6.66. The summed E-state index contributed by atoms with van der Waals surface area (Å²) in [6.07, 6.45) is 2.63. The SMILES string of the molecule is Cc1[nH]c(=O)n([C@H]2C[C@@H](n3cnc4c(NCC(c5ccc(O)cc5)c5ccc(O)cc5)nc(N5CC[C@@H](NC(=O)Nc6cccnc6)C5)nc43)[C@H](O)[C@@H]2O)c1O. The van der Waals surface area contributed by atoms with Gasteiger partial charge in [-0.05, 0) is 67.3 Å². The fraction of sp³-hybridized carbons (Fsp3) is 0.316. The van der Waals surface area contributed by atoms with Crippen molar-refractivity contribution in [2.45, 2.75) is 56.0 Å². The molecule has 2 aromatic carbocycles. The van der Waals surface area contributed by atoms with Crippen molar-refractivity contribution in [2.24, 2.45) is 0 Å². The second-order valence-corrected chi connectivity index (χ2v) is 14.2. The van der Waals surface area contributed by atoms with E-state index in [1.807, 2.05) is 29.2 Å². The summed E-state index contributed by atoms with van der Waals surface area (Å²) in [5.41, 5.74) is 2.72. The first-order valence-corrected chi connectivity index (χ1v) is 18.2. The highest BCUT2D eigenvalue weighted by atomic mass is 16.3. The van der Waals surface area contributed by atoms with Gasteiger partial charge in [0.2, 0.25) is 11.8 Å². The van der Waals surface area contributed by atoms with E-state index in [1.165, 1.54) is 6.33 Å². The van der Waals surface area contributed by atoms with Crippen molar-refractivity contribution in [3.8, 4) is 17.4 Å². The lowest BCUT2D eigenvalue weighted by Crippen LogP contribution is -2.40. The quantitative estimate of drug-likeness (QED) is 0.0975. The van der Waals surface area contributed by atoms with Crippen molar-refractivity contribution in [1.82, 2.24) is 39.4 Å². The van der Waals surface area contributed by atoms with Gasteiger partial charge >= 0.3 is 11.7 Å². The van der Waals surface area contributed by atoms with E-state index in [1.54, 1.807) is 60.3 Å². The molecule has 2 aliphatic rings. The highest BCUT2D eigenvalue weighted by molar-refractivity contribution is 5.89. The Balaban J connectivity index is 1.13. The van der Waals surface area contributed by atoms with Gasteiger partial charge in [0.1, 0.15) is 23.7 Å². The van der Waals surface area contributed by atoms with Gasteiger partial charge in [-0.25, -0.2) is 14.6 Å². The zero-order valence-corrected chi connectivity index (χ0v) is 30.2. The van der Waals surface area contributed by atoms with E-state index in [9.17, 15) is 35.1 Å². The maximum absolute atomic E-state index is 12.8. The summed E-state index contributed by atoms with van der Waals surface area (Å²) in [6.45, 7) is 2.76. The minimum absolute atomic E-state index is 0.0756. The number of anilines is 3. The van der Waals surface area contributed by atoms with Gasteiger partial charge in [0.25, 0.3) is 0 Å². The van der Waals surface area contributed by atoms with Crippen molar-refractivity contribution in [3.63, 3.8) is 0 Å². The number of pyridine rings is 1. The van der Waals surface area contributed by atoms with Crippen molar-refractivity contribution >= 4 is 34.6 Å². The molecule has 290 valence electrons. The molecule has 0 unspecified atom stereocenters. The molecule has 1 aliphatic carbocycles. The van der Waals surface area contributed by atoms with Crippen molar-refractivity contribution < 1.29 is 30.3 Å². The fourth-order valence-electron chi connectivity index (χ4n) is 7.68. The molecule has 5 atom stereocenters. The Labute approximate surface area is 319 Å². The van der Waals surface area contributed by atoms with Gasteiger partial charge in [-0.15, -0.1) is 0 Å². The molecule has 1 saturated heterocycles. The van der Waals surface area contributed by atoms with Crippen molar-refractivity contribution in [3.05, 3.63) is 107 Å². The third kappa shape index (κ3) is 7.02. The lowest BCUT2D eigenvalue weighted by atomic mass is 9.91. The van der Waals surface area contributed by atoms with Crippen LogP contribution in [0.5, 0.6) is 17.4 Å². The lowest BCUT2D eigenvalue weighted by Gasteiger charge is -2.22. The zero-order chi connectivity index (χ0) is 39.1. The average Bonchev–Trinajstić information content (AvgIpc) is 3.96. The van der Waals surface area contributed by atoms with Crippen LogP contribution in [0.3, 0.4) is 0 Å². The average molecular weight is 764 g/mol. The van der Waals surface area contributed by atoms with E-state index >= 15 is 0 Å². The molecule has 2 fully saturated rings. The number of hydrogen-bond acceptors (Lipinski definition) is 13. The van der Waals surface area contributed by atoms with Crippen LogP contribution in [-0.2, 0) is 0 Å². The molecule has 18 heteroatoms. The fourth-order valence-corrected chi connectivity index (χ4v) is 7.68. The molecular formula is C38H41N11O7. The maximum Gasteiger partial charge on any atom is 0.328 e. The highest BCUT2D eigenvalue weighted by Crippen LogP contribution is 2.41. The van der Waals surface area contributed by atoms with Gasteiger partial charge in [0.15, 0.2) is 17.0 Å². The van der Waals surface area contributed by atoms with E-state index in [0.717, 1.165) is 15.7 Å². The second-order valence-electron chi connectivity index (χ2n) is 14.2. The Morgan fingerprint density at radius 3 is 2.30 bits per heavy atom. The van der Waals surface area contributed by atoms with Crippen molar-refractivity contribution in [2.75, 3.05) is 35.2 Å². The summed E-state index contributed by atoms with van der Waals surface area (Å²) < 4.78 is 2.72. The third-order valence-electron chi connectivity index (χ3n) is 10.6. The number of amides is 2. The molecule has 2 amide bonds. The molecule has 0 radical (unpaired) electrons. The molecule has 0 spiro atoms. The minimum atomic E-state index is -1.39. The number of aromatic nitrogens is 7. The van der Waals surface area contributed by atoms with Gasteiger partial charge in [0, 0.05) is 37.8 Å². The molecule has 56 heavy (non-hydrogen) atoms. The number of H-pyrrole nitrogens is 1. The van der Waals surface area contributed by atoms with Gasteiger partial charge in [-0.1, -0.05) is 24.3 Å². The number of aromatic hydroxyl groups is 3. The van der Waals surface area contributed by atoms with Crippen LogP contribution >= 0.6 is 0 Å². The van der Waals surface area contributed by atoms with Gasteiger partial charge in [0.05, 0.1) is 36.0 Å². The minimum Gasteiger partial charge on any atom is -0.508 e. The molecule has 6 aromatic rings. The van der Waals surface area contributed by atoms with Crippen LogP contribution in [0.1, 0.15) is 47.7 Å². The second kappa shape index (κ2) is 14.9. The third-order valence-corrected chi connectivity index (χ3v) is 10.6. The molecule has 8 rings (SSSR count). The number of urea groups is 1. The van der Waals surface area contributed by atoms with Crippen LogP contribution in [-0.4, -0.2) is 104 Å². The van der Waals surface area contributed by atoms with Crippen molar-refractivity contribution in [1.29, 1.82) is 0 Å². The molecule has 0 bridgehead atoms. The number of imidazole rings is 2. The van der Waals surface area contributed by atoms with Crippen LogP contribution in [0, 0.1) is 6.92 Å². The Morgan fingerprint density at radius 1 is 0.964 bits per heavy atom. The molecule has 5 heterocycles. The number of aliphatic hydroxyl groups is 2. The topological polar surface area (TPSA) is 252 Å². The monoisotopic (exact) mass is 763 g/mol. The number of phenols is 2. The van der Waals surface area contributed by atoms with E-state index in [-0.39, 0.29) is 47.5 Å². The predicted molar refractivity (Wildman–Crippen MR) is 205 cm³/mol. The van der Waals surface area contributed by atoms with Crippen LogP contribution in [0.2, 0.25) is 0 Å². The number of aromatic amines is 1. The number of phenolic OH excluding ortho intramolecular Hbond substituents is 2. The van der Waals surface area contributed by atoms with Crippen LogP contribution in [0.4, 0.5) is 22.2 Å². The zero-order valence-electron chi connectivity index (χ0n) is 30.2. The number of benzene rings is 2. The summed E-state index contributed by atoms with van der Waals surface area (Å²) >= 11 is 0. The number of aliphatic hydroxyl groups excluding tert-OH is 2. The van der Waals surface area contributed by atoms with Crippen LogP contribution in [0.15, 0.2) is 84.2 Å². The van der Waals surface area contributed by atoms with E-state index in [0.29, 0.717) is 54.7 Å². The first kappa shape index (κ1) is 36.3. The predicted octanol–water partition coefficient (Wildman–Crippen LogP) is 2.69. The Morgan fingerprint density at radius 2 is 1.66 bits per heavy atom. The largest absolute Gasteiger partial charge is 0.508 e. The van der Waals surface area contributed by atoms with E-state index < -0.39 is 30.0 Å². The smallest absolute Gasteiger partial charge is 0.328 e. The van der Waals surface area contributed by atoms with Gasteiger partial charge < -0.3 is 55.9 Å². The number of carbonyl (C=O) groups excluding carboxylic acids is 1. The molecule has 4 aromatic heterocycles. The summed E-state index contributed by atoms with van der Waals surface area (Å²) in [6, 6.07) is 14.9. The number of fused-ring (bicyclic) bond motifs is 1. The molecule has 1 aliphatic heterocycles. The Kier molecular flexibility index (Phi) is 9.65. The molecule has 9 N–H and O–H groups in total. The lowest BCUT2D eigenvalue weighted by molar-refractivity contribution is 0.00761. The number of aryl methyl sites for hydroxylation is 1. The molecule has 1 saturated carbocycles. The molecular weight excluding hydrogens is 722 g/mol. The Bertz CT molecular complexity index is 2350. The van der Waals surface area contributed by atoms with E-state index in [2.05, 4.69) is 30.9 Å². The first-order valence-electron chi connectivity index (χ1n) is 18.2. The van der Waals surface area contributed by atoms with Crippen LogP contribution < -0.4 is 26.5 Å². The van der Waals surface area contributed by atoms with Gasteiger partial charge in [-0.3, -0.25) is 9.55 Å². The summed E-state index contributed by atoms with van der Waals surface area (Å²) in [4.78, 5) is 48.6. The standard InChI is InChI=1S/C38H41N11O7/c1-20-35(54)49(38(56)42-20)29-15-28(31(52)32(29)53)48-19-41-30-33(40-17-27(21-4-8-25(50)9-5-21)22-6-10-26(51)11-7-22)45-36(46-34(30)48)47-14-12-24(18-47)44-37(55)43-23-3-2-13-39-16-23/h2-11,13,16,19,24,27-29,31-32,50-54H,12,14-15,17-18H2,1H3,(H,42,56)(H,40,45,46)(H2,43,44,55)/t24-,28-,29+,31+,32-/m1/s1. The maximum atomic E-state index is 12.8. The summed E-state index contributed by atoms with van der Waals surface area (Å²) in [5.74, 6) is 0.399. The summed E-state index contributed by atoms with van der Waals surface area (Å²) in [5, 5.41) is 62.5. The summed E-state index contributed by atoms with van der Waals surface area (Å²) in [7, 11) is 0. The number of rotatable bonds is 10.